The van der Waals surface area contributed by atoms with Crippen LogP contribution in [0.4, 0.5) is 11.6 Å². The van der Waals surface area contributed by atoms with Crippen LogP contribution in [0.3, 0.4) is 0 Å². The maximum absolute atomic E-state index is 5.84. The van der Waals surface area contributed by atoms with Gasteiger partial charge in [-0.25, -0.2) is 15.0 Å². The fourth-order valence-corrected chi connectivity index (χ4v) is 3.41. The Morgan fingerprint density at radius 1 is 0.926 bits per heavy atom. The van der Waals surface area contributed by atoms with Crippen LogP contribution in [0.5, 0.6) is 0 Å². The second-order valence-corrected chi connectivity index (χ2v) is 6.68. The van der Waals surface area contributed by atoms with Gasteiger partial charge in [-0.1, -0.05) is 0 Å². The number of nitrogens with two attached hydrogens (primary N) is 2. The van der Waals surface area contributed by atoms with E-state index in [2.05, 4.69) is 32.5 Å². The van der Waals surface area contributed by atoms with Gasteiger partial charge in [0, 0.05) is 17.5 Å². The summed E-state index contributed by atoms with van der Waals surface area (Å²) in [5.74, 6) is 1.65. The molecule has 1 atom stereocenters. The number of aromatic nitrogens is 5. The number of rotatable bonds is 3. The van der Waals surface area contributed by atoms with E-state index in [0.717, 1.165) is 39.5 Å². The molecular weight excluding hydrogens is 338 g/mol. The molecule has 0 saturated heterocycles. The van der Waals surface area contributed by atoms with Gasteiger partial charge in [0.15, 0.2) is 5.65 Å². The minimum Gasteiger partial charge on any atom is -0.384 e. The van der Waals surface area contributed by atoms with Gasteiger partial charge in [0.1, 0.15) is 23.0 Å². The molecule has 0 aliphatic heterocycles. The zero-order valence-electron chi connectivity index (χ0n) is 15.5. The molecule has 7 heteroatoms. The number of nitrogen functional groups attached to an aromatic ring is 2. The molecule has 7 nitrogen and oxygen atoms in total. The van der Waals surface area contributed by atoms with Crippen molar-refractivity contribution in [3.8, 4) is 11.3 Å². The molecule has 136 valence electrons. The molecule has 4 N–H and O–H groups in total. The summed E-state index contributed by atoms with van der Waals surface area (Å²) in [6.07, 6.45) is 1.83. The van der Waals surface area contributed by atoms with Crippen LogP contribution in [0.15, 0.2) is 42.6 Å². The van der Waals surface area contributed by atoms with Gasteiger partial charge in [0.25, 0.3) is 0 Å². The summed E-state index contributed by atoms with van der Waals surface area (Å²) < 4.78 is 2.14. The summed E-state index contributed by atoms with van der Waals surface area (Å²) in [5, 5.41) is 0. The lowest BCUT2D eigenvalue weighted by Gasteiger charge is -2.17. The minimum atomic E-state index is 0.0760. The Labute approximate surface area is 157 Å². The van der Waals surface area contributed by atoms with Crippen LogP contribution in [0.25, 0.3) is 22.4 Å². The van der Waals surface area contributed by atoms with Crippen LogP contribution >= 0.6 is 0 Å². The van der Waals surface area contributed by atoms with Crippen molar-refractivity contribution in [3.05, 3.63) is 59.7 Å². The van der Waals surface area contributed by atoms with E-state index >= 15 is 0 Å². The fourth-order valence-electron chi connectivity index (χ4n) is 3.41. The van der Waals surface area contributed by atoms with Crippen LogP contribution in [-0.4, -0.2) is 24.5 Å². The molecule has 1 unspecified atom stereocenters. The molecule has 4 rings (SSSR count). The van der Waals surface area contributed by atoms with Crippen LogP contribution in [0, 0.1) is 13.8 Å². The third-order valence-corrected chi connectivity index (χ3v) is 4.66. The Morgan fingerprint density at radius 2 is 1.67 bits per heavy atom. The van der Waals surface area contributed by atoms with Gasteiger partial charge in [-0.05, 0) is 62.7 Å². The van der Waals surface area contributed by atoms with Gasteiger partial charge in [0.05, 0.1) is 11.7 Å². The van der Waals surface area contributed by atoms with Crippen molar-refractivity contribution in [2.75, 3.05) is 11.5 Å². The monoisotopic (exact) mass is 359 g/mol. The number of anilines is 2. The van der Waals surface area contributed by atoms with Gasteiger partial charge >= 0.3 is 0 Å². The molecule has 0 aliphatic carbocycles. The number of hydrogen-bond acceptors (Lipinski definition) is 6. The first-order valence-corrected chi connectivity index (χ1v) is 8.74. The average molecular weight is 359 g/mol. The highest BCUT2D eigenvalue weighted by atomic mass is 15.1. The predicted octanol–water partition coefficient (Wildman–Crippen LogP) is 3.28. The van der Waals surface area contributed by atoms with Crippen molar-refractivity contribution in [1.29, 1.82) is 0 Å². The Bertz CT molecular complexity index is 1130. The largest absolute Gasteiger partial charge is 0.384 e. The standard InChI is InChI=1S/C20H21N7/c1-11-8-14(6-7-23-11)12(2)27-13(3)24-17-5-4-16(25-20(17)27)15-9-18(21)26-19(22)10-15/h4-10,12H,1-3H3,(H4,21,22,26). The first kappa shape index (κ1) is 17.0. The van der Waals surface area contributed by atoms with E-state index in [1.54, 1.807) is 12.1 Å². The van der Waals surface area contributed by atoms with E-state index in [-0.39, 0.29) is 6.04 Å². The maximum Gasteiger partial charge on any atom is 0.161 e. The molecule has 4 heterocycles. The summed E-state index contributed by atoms with van der Waals surface area (Å²) in [6, 6.07) is 11.6. The van der Waals surface area contributed by atoms with E-state index in [1.165, 1.54) is 0 Å². The number of hydrogen-bond donors (Lipinski definition) is 2. The lowest BCUT2D eigenvalue weighted by atomic mass is 10.1. The molecular formula is C20H21N7. The number of pyridine rings is 3. The second-order valence-electron chi connectivity index (χ2n) is 6.68. The summed E-state index contributed by atoms with van der Waals surface area (Å²) in [7, 11) is 0. The van der Waals surface area contributed by atoms with Crippen molar-refractivity contribution in [2.24, 2.45) is 0 Å². The lowest BCUT2D eigenvalue weighted by Crippen LogP contribution is -2.10. The minimum absolute atomic E-state index is 0.0760. The van der Waals surface area contributed by atoms with Crippen LogP contribution in [0.1, 0.15) is 30.0 Å². The SMILES string of the molecule is Cc1cc(C(C)n2c(C)nc3ccc(-c4cc(N)nc(N)c4)nc32)ccn1. The fraction of sp³-hybridized carbons (Fsp3) is 0.200. The predicted molar refractivity (Wildman–Crippen MR) is 107 cm³/mol. The van der Waals surface area contributed by atoms with Gasteiger partial charge in [-0.3, -0.25) is 4.98 Å². The number of fused-ring (bicyclic) bond motifs is 1. The summed E-state index contributed by atoms with van der Waals surface area (Å²) in [5.41, 5.74) is 17.1. The molecule has 0 aliphatic rings. The quantitative estimate of drug-likeness (QED) is 0.581. The number of nitrogens with zero attached hydrogens (tertiary/aromatic N) is 5. The number of aryl methyl sites for hydroxylation is 2. The molecule has 0 radical (unpaired) electrons. The third-order valence-electron chi connectivity index (χ3n) is 4.66. The highest BCUT2D eigenvalue weighted by molar-refractivity contribution is 5.77. The molecule has 0 fully saturated rings. The molecule has 27 heavy (non-hydrogen) atoms. The highest BCUT2D eigenvalue weighted by Crippen LogP contribution is 2.28. The van der Waals surface area contributed by atoms with Gasteiger partial charge < -0.3 is 16.0 Å². The van der Waals surface area contributed by atoms with Crippen LogP contribution in [0.2, 0.25) is 0 Å². The van der Waals surface area contributed by atoms with E-state index in [9.17, 15) is 0 Å². The van der Waals surface area contributed by atoms with Crippen molar-refractivity contribution in [3.63, 3.8) is 0 Å². The summed E-state index contributed by atoms with van der Waals surface area (Å²) in [6.45, 7) is 6.12. The third kappa shape index (κ3) is 3.08. The van der Waals surface area contributed by atoms with Crippen LogP contribution < -0.4 is 11.5 Å². The Hall–Kier alpha value is -3.48. The van der Waals surface area contributed by atoms with E-state index in [0.29, 0.717) is 11.6 Å². The molecule has 4 aromatic rings. The van der Waals surface area contributed by atoms with E-state index < -0.39 is 0 Å². The van der Waals surface area contributed by atoms with E-state index in [1.807, 2.05) is 38.2 Å². The number of imidazole rings is 1. The molecule has 0 amide bonds. The Morgan fingerprint density at radius 3 is 2.37 bits per heavy atom. The zero-order chi connectivity index (χ0) is 19.1. The van der Waals surface area contributed by atoms with Gasteiger partial charge in [0.2, 0.25) is 0 Å². The Kier molecular flexibility index (Phi) is 3.99. The Balaban J connectivity index is 1.87. The normalized spacial score (nSPS) is 12.4. The highest BCUT2D eigenvalue weighted by Gasteiger charge is 2.17. The second kappa shape index (κ2) is 6.35. The van der Waals surface area contributed by atoms with Crippen molar-refractivity contribution in [1.82, 2.24) is 24.5 Å². The first-order chi connectivity index (χ1) is 12.9. The average Bonchev–Trinajstić information content (AvgIpc) is 2.95. The van der Waals surface area contributed by atoms with Gasteiger partial charge in [-0.2, -0.15) is 0 Å². The van der Waals surface area contributed by atoms with Crippen molar-refractivity contribution < 1.29 is 0 Å². The van der Waals surface area contributed by atoms with Crippen molar-refractivity contribution >= 4 is 22.8 Å². The molecule has 0 aromatic carbocycles. The van der Waals surface area contributed by atoms with Gasteiger partial charge in [-0.15, -0.1) is 0 Å². The summed E-state index contributed by atoms with van der Waals surface area (Å²) >= 11 is 0. The molecule has 0 bridgehead atoms. The topological polar surface area (TPSA) is 109 Å². The molecule has 0 spiro atoms. The summed E-state index contributed by atoms with van der Waals surface area (Å²) in [4.78, 5) is 17.9. The molecule has 0 saturated carbocycles. The molecule has 4 aromatic heterocycles. The zero-order valence-corrected chi connectivity index (χ0v) is 15.5. The maximum atomic E-state index is 5.84. The van der Waals surface area contributed by atoms with Crippen LogP contribution in [-0.2, 0) is 0 Å². The smallest absolute Gasteiger partial charge is 0.161 e. The lowest BCUT2D eigenvalue weighted by molar-refractivity contribution is 0.631. The van der Waals surface area contributed by atoms with Crippen molar-refractivity contribution in [2.45, 2.75) is 26.8 Å². The first-order valence-electron chi connectivity index (χ1n) is 8.74. The van der Waals surface area contributed by atoms with E-state index in [4.69, 9.17) is 16.5 Å².